The summed E-state index contributed by atoms with van der Waals surface area (Å²) in [7, 11) is 0. The van der Waals surface area contributed by atoms with Crippen LogP contribution in [0.25, 0.3) is 0 Å². The van der Waals surface area contributed by atoms with Gasteiger partial charge in [0.25, 0.3) is 0 Å². The fourth-order valence-corrected chi connectivity index (χ4v) is 1.71. The van der Waals surface area contributed by atoms with E-state index in [9.17, 15) is 5.11 Å². The lowest BCUT2D eigenvalue weighted by atomic mass is 9.92. The lowest BCUT2D eigenvalue weighted by molar-refractivity contribution is -0.0283. The summed E-state index contributed by atoms with van der Waals surface area (Å²) in [6, 6.07) is 0. The first kappa shape index (κ1) is 9.96. The van der Waals surface area contributed by atoms with Crippen molar-refractivity contribution >= 4 is 0 Å². The highest BCUT2D eigenvalue weighted by Gasteiger charge is 2.27. The third kappa shape index (κ3) is 3.09. The second kappa shape index (κ2) is 4.80. The molecule has 3 N–H and O–H groups in total. The molecule has 0 radical (unpaired) electrons. The molecule has 12 heavy (non-hydrogen) atoms. The highest BCUT2D eigenvalue weighted by Crippen LogP contribution is 2.25. The quantitative estimate of drug-likeness (QED) is 0.431. The van der Waals surface area contributed by atoms with Crippen LogP contribution in [0.5, 0.6) is 0 Å². The lowest BCUT2D eigenvalue weighted by Crippen LogP contribution is -2.47. The normalized spacial score (nSPS) is 22.5. The van der Waals surface area contributed by atoms with Crippen LogP contribution in [0, 0.1) is 0 Å². The average Bonchev–Trinajstić information content (AvgIpc) is 2.06. The molecule has 0 aromatic carbocycles. The third-order valence-corrected chi connectivity index (χ3v) is 2.47. The zero-order chi connectivity index (χ0) is 8.86. The maximum atomic E-state index is 9.91. The molecule has 0 heterocycles. The van der Waals surface area contributed by atoms with Crippen molar-refractivity contribution in [3.8, 4) is 0 Å². The Labute approximate surface area is 73.8 Å². The summed E-state index contributed by atoms with van der Waals surface area (Å²) in [4.78, 5) is 0. The van der Waals surface area contributed by atoms with Crippen LogP contribution in [0.1, 0.15) is 38.5 Å². The van der Waals surface area contributed by atoms with Crippen LogP contribution in [0.2, 0.25) is 0 Å². The van der Waals surface area contributed by atoms with Gasteiger partial charge in [0.1, 0.15) is 5.72 Å². The van der Waals surface area contributed by atoms with Crippen molar-refractivity contribution in [1.82, 2.24) is 5.32 Å². The minimum atomic E-state index is -0.632. The van der Waals surface area contributed by atoms with Crippen LogP contribution in [0.3, 0.4) is 0 Å². The van der Waals surface area contributed by atoms with E-state index in [0.29, 0.717) is 6.54 Å². The molecule has 0 unspecified atom stereocenters. The van der Waals surface area contributed by atoms with Crippen molar-refractivity contribution in [2.45, 2.75) is 44.2 Å². The van der Waals surface area contributed by atoms with Crippen LogP contribution < -0.4 is 5.32 Å². The molecule has 3 nitrogen and oxygen atoms in total. The maximum Gasteiger partial charge on any atom is 0.116 e. The van der Waals surface area contributed by atoms with E-state index in [1.54, 1.807) is 0 Å². The fraction of sp³-hybridized carbons (Fsp3) is 1.00. The molecule has 0 spiro atoms. The molecule has 1 rings (SSSR count). The number of hydrogen-bond donors (Lipinski definition) is 3. The van der Waals surface area contributed by atoms with E-state index < -0.39 is 5.72 Å². The van der Waals surface area contributed by atoms with Crippen LogP contribution in [0.15, 0.2) is 0 Å². The molecule has 72 valence electrons. The van der Waals surface area contributed by atoms with Gasteiger partial charge in [-0.2, -0.15) is 0 Å². The third-order valence-electron chi connectivity index (χ3n) is 2.47. The van der Waals surface area contributed by atoms with Gasteiger partial charge in [-0.1, -0.05) is 6.42 Å². The zero-order valence-electron chi connectivity index (χ0n) is 7.55. The van der Waals surface area contributed by atoms with E-state index in [1.807, 2.05) is 0 Å². The Morgan fingerprint density at radius 1 is 1.17 bits per heavy atom. The van der Waals surface area contributed by atoms with Crippen LogP contribution >= 0.6 is 0 Å². The number of hydrogen-bond acceptors (Lipinski definition) is 3. The molecule has 1 aliphatic carbocycles. The van der Waals surface area contributed by atoms with E-state index in [4.69, 9.17) is 5.11 Å². The Hall–Kier alpha value is -0.120. The number of aliphatic hydroxyl groups is 2. The molecule has 1 aliphatic rings. The molecule has 0 aliphatic heterocycles. The highest BCUT2D eigenvalue weighted by molar-refractivity contribution is 4.79. The molecule has 0 saturated heterocycles. The zero-order valence-corrected chi connectivity index (χ0v) is 7.55. The van der Waals surface area contributed by atoms with Gasteiger partial charge in [-0.05, 0) is 38.6 Å². The van der Waals surface area contributed by atoms with Gasteiger partial charge in [-0.15, -0.1) is 0 Å². The number of nitrogens with one attached hydrogen (secondary N) is 1. The van der Waals surface area contributed by atoms with Gasteiger partial charge < -0.3 is 10.2 Å². The SMILES string of the molecule is OCCCNC1(O)CCCCC1. The van der Waals surface area contributed by atoms with Gasteiger partial charge >= 0.3 is 0 Å². The molecule has 1 fully saturated rings. The second-order valence-electron chi connectivity index (χ2n) is 3.60. The molecule has 0 aromatic rings. The molecule has 1 saturated carbocycles. The lowest BCUT2D eigenvalue weighted by Gasteiger charge is -2.33. The van der Waals surface area contributed by atoms with Gasteiger partial charge in [0, 0.05) is 6.61 Å². The summed E-state index contributed by atoms with van der Waals surface area (Å²) in [5.41, 5.74) is -0.632. The van der Waals surface area contributed by atoms with E-state index >= 15 is 0 Å². The fourth-order valence-electron chi connectivity index (χ4n) is 1.71. The smallest absolute Gasteiger partial charge is 0.116 e. The molecule has 3 heteroatoms. The molecule has 0 atom stereocenters. The van der Waals surface area contributed by atoms with Crippen LogP contribution in [0.4, 0.5) is 0 Å². The summed E-state index contributed by atoms with van der Waals surface area (Å²) >= 11 is 0. The van der Waals surface area contributed by atoms with Crippen molar-refractivity contribution in [2.24, 2.45) is 0 Å². The molecule has 0 aromatic heterocycles. The second-order valence-corrected chi connectivity index (χ2v) is 3.60. The monoisotopic (exact) mass is 173 g/mol. The summed E-state index contributed by atoms with van der Waals surface area (Å²) in [5, 5.41) is 21.6. The number of aliphatic hydroxyl groups excluding tert-OH is 1. The van der Waals surface area contributed by atoms with Crippen molar-refractivity contribution in [2.75, 3.05) is 13.2 Å². The van der Waals surface area contributed by atoms with Gasteiger partial charge in [0.15, 0.2) is 0 Å². The minimum Gasteiger partial charge on any atom is -0.396 e. The van der Waals surface area contributed by atoms with E-state index in [-0.39, 0.29) is 6.61 Å². The Bertz CT molecular complexity index is 122. The van der Waals surface area contributed by atoms with E-state index in [0.717, 1.165) is 32.1 Å². The Morgan fingerprint density at radius 3 is 2.42 bits per heavy atom. The van der Waals surface area contributed by atoms with Gasteiger partial charge in [-0.3, -0.25) is 5.32 Å². The molecule has 0 amide bonds. The maximum absolute atomic E-state index is 9.91. The summed E-state index contributed by atoms with van der Waals surface area (Å²) in [6.07, 6.45) is 5.91. The highest BCUT2D eigenvalue weighted by atomic mass is 16.3. The van der Waals surface area contributed by atoms with Crippen molar-refractivity contribution in [1.29, 1.82) is 0 Å². The average molecular weight is 173 g/mol. The summed E-state index contributed by atoms with van der Waals surface area (Å²) in [5.74, 6) is 0. The predicted molar refractivity (Wildman–Crippen MR) is 47.7 cm³/mol. The Balaban J connectivity index is 2.17. The van der Waals surface area contributed by atoms with Crippen LogP contribution in [-0.2, 0) is 0 Å². The number of rotatable bonds is 4. The van der Waals surface area contributed by atoms with Crippen LogP contribution in [-0.4, -0.2) is 29.1 Å². The van der Waals surface area contributed by atoms with Gasteiger partial charge in [0.05, 0.1) is 0 Å². The summed E-state index contributed by atoms with van der Waals surface area (Å²) in [6.45, 7) is 0.913. The summed E-state index contributed by atoms with van der Waals surface area (Å²) < 4.78 is 0. The first-order valence-electron chi connectivity index (χ1n) is 4.85. The first-order valence-corrected chi connectivity index (χ1v) is 4.85. The van der Waals surface area contributed by atoms with Crippen molar-refractivity contribution < 1.29 is 10.2 Å². The predicted octanol–water partition coefficient (Wildman–Crippen LogP) is 0.611. The minimum absolute atomic E-state index is 0.198. The Morgan fingerprint density at radius 2 is 1.83 bits per heavy atom. The standard InChI is InChI=1S/C9H19NO2/c11-8-4-7-10-9(12)5-2-1-3-6-9/h10-12H,1-8H2. The molecule has 0 bridgehead atoms. The van der Waals surface area contributed by atoms with Gasteiger partial charge in [0.2, 0.25) is 0 Å². The van der Waals surface area contributed by atoms with Crippen molar-refractivity contribution in [3.05, 3.63) is 0 Å². The van der Waals surface area contributed by atoms with E-state index in [1.165, 1.54) is 6.42 Å². The molecular weight excluding hydrogens is 154 g/mol. The van der Waals surface area contributed by atoms with Gasteiger partial charge in [-0.25, -0.2) is 0 Å². The Kier molecular flexibility index (Phi) is 3.98. The first-order chi connectivity index (χ1) is 5.77. The molecular formula is C9H19NO2. The van der Waals surface area contributed by atoms with E-state index in [2.05, 4.69) is 5.32 Å². The van der Waals surface area contributed by atoms with Crippen molar-refractivity contribution in [3.63, 3.8) is 0 Å². The topological polar surface area (TPSA) is 52.5 Å². The largest absolute Gasteiger partial charge is 0.396 e.